The number of aliphatic imine (C=N–C) groups is 1. The Labute approximate surface area is 205 Å². The Bertz CT molecular complexity index is 1060. The third kappa shape index (κ3) is 8.41. The second kappa shape index (κ2) is 12.6. The number of phenols is 1. The smallest absolute Gasteiger partial charge is 0.251 e. The van der Waals surface area contributed by atoms with Gasteiger partial charge in [0.05, 0.1) is 16.5 Å². The Kier molecular flexibility index (Phi) is 9.90. The van der Waals surface area contributed by atoms with Crippen molar-refractivity contribution < 1.29 is 19.7 Å². The standard InChI is InChI=1S/C21H24Cl2N6O5/c22-16-8-5-14(10-17(16)23)11-19(31)28(12-13-3-6-15(30)7-4-13)18(20(24)32)2-1-9-26-21(25)27-29(33)34/h3-8,10,18,30H,1-2,9,11-12H2,(H2,24,32)(H3,25,26,27)/t18-/m1/s1. The fraction of sp³-hybridized carbons (Fsp3) is 0.286. The van der Waals surface area contributed by atoms with E-state index in [0.717, 1.165) is 0 Å². The predicted octanol–water partition coefficient (Wildman–Crippen LogP) is 2.00. The number of nitro groups is 1. The summed E-state index contributed by atoms with van der Waals surface area (Å²) in [5.74, 6) is -1.42. The minimum absolute atomic E-state index is 0.0579. The summed E-state index contributed by atoms with van der Waals surface area (Å²) in [4.78, 5) is 41.1. The van der Waals surface area contributed by atoms with Gasteiger partial charge in [0.1, 0.15) is 11.8 Å². The summed E-state index contributed by atoms with van der Waals surface area (Å²) < 4.78 is 0. The summed E-state index contributed by atoms with van der Waals surface area (Å²) >= 11 is 12.0. The minimum Gasteiger partial charge on any atom is -0.508 e. The number of carbonyl (C=O) groups is 2. The van der Waals surface area contributed by atoms with Crippen molar-refractivity contribution in [3.63, 3.8) is 0 Å². The van der Waals surface area contributed by atoms with Crippen LogP contribution in [-0.4, -0.2) is 45.4 Å². The molecule has 0 saturated carbocycles. The zero-order valence-electron chi connectivity index (χ0n) is 18.0. The van der Waals surface area contributed by atoms with Crippen LogP contribution in [0.4, 0.5) is 0 Å². The maximum absolute atomic E-state index is 13.2. The number of amides is 2. The molecule has 0 unspecified atom stereocenters. The summed E-state index contributed by atoms with van der Waals surface area (Å²) in [5, 5.41) is 19.7. The number of halogens is 2. The molecule has 0 bridgehead atoms. The van der Waals surface area contributed by atoms with Crippen molar-refractivity contribution in [2.45, 2.75) is 31.8 Å². The van der Waals surface area contributed by atoms with Crippen molar-refractivity contribution in [1.82, 2.24) is 10.3 Å². The molecule has 0 spiro atoms. The third-order valence-electron chi connectivity index (χ3n) is 4.78. The first-order valence-corrected chi connectivity index (χ1v) is 10.8. The van der Waals surface area contributed by atoms with Crippen LogP contribution in [0.25, 0.3) is 0 Å². The first-order chi connectivity index (χ1) is 16.1. The Morgan fingerprint density at radius 1 is 1.12 bits per heavy atom. The van der Waals surface area contributed by atoms with Crippen LogP contribution >= 0.6 is 23.2 Å². The fourth-order valence-corrected chi connectivity index (χ4v) is 3.48. The minimum atomic E-state index is -0.982. The van der Waals surface area contributed by atoms with Crippen molar-refractivity contribution in [3.8, 4) is 5.75 Å². The van der Waals surface area contributed by atoms with Gasteiger partial charge in [-0.1, -0.05) is 46.8 Å². The van der Waals surface area contributed by atoms with E-state index in [2.05, 4.69) is 4.99 Å². The SMILES string of the molecule is NC(=O)[C@@H](CCCN=C(N)N[N+](=O)[O-])N(Cc1ccc(O)cc1)C(=O)Cc1ccc(Cl)c(Cl)c1. The quantitative estimate of drug-likeness (QED) is 0.117. The number of primary amides is 1. The maximum atomic E-state index is 13.2. The molecule has 2 rings (SSSR count). The van der Waals surface area contributed by atoms with E-state index in [0.29, 0.717) is 21.2 Å². The number of carbonyl (C=O) groups excluding carboxylic acids is 2. The first kappa shape index (κ1) is 26.7. The number of hydrogen-bond donors (Lipinski definition) is 4. The van der Waals surface area contributed by atoms with Crippen LogP contribution in [0.15, 0.2) is 47.5 Å². The number of aromatic hydroxyl groups is 1. The van der Waals surface area contributed by atoms with Gasteiger partial charge in [-0.05, 0) is 48.2 Å². The molecule has 2 aromatic carbocycles. The molecule has 2 amide bonds. The topological polar surface area (TPSA) is 177 Å². The summed E-state index contributed by atoms with van der Waals surface area (Å²) in [5.41, 5.74) is 14.0. The molecule has 0 heterocycles. The summed E-state index contributed by atoms with van der Waals surface area (Å²) in [6.45, 7) is 0.132. The Balaban J connectivity index is 2.22. The second-order valence-corrected chi connectivity index (χ2v) is 8.12. The van der Waals surface area contributed by atoms with E-state index in [1.807, 2.05) is 0 Å². The first-order valence-electron chi connectivity index (χ1n) is 10.1. The van der Waals surface area contributed by atoms with E-state index in [1.54, 1.807) is 35.8 Å². The number of guanidine groups is 1. The van der Waals surface area contributed by atoms with Crippen LogP contribution in [0.5, 0.6) is 5.75 Å². The van der Waals surface area contributed by atoms with Crippen LogP contribution in [-0.2, 0) is 22.6 Å². The van der Waals surface area contributed by atoms with Crippen LogP contribution in [0.1, 0.15) is 24.0 Å². The summed E-state index contributed by atoms with van der Waals surface area (Å²) in [7, 11) is 0. The molecule has 0 saturated heterocycles. The van der Waals surface area contributed by atoms with Gasteiger partial charge in [-0.2, -0.15) is 0 Å². The van der Waals surface area contributed by atoms with E-state index in [9.17, 15) is 24.8 Å². The highest BCUT2D eigenvalue weighted by Crippen LogP contribution is 2.24. The van der Waals surface area contributed by atoms with Crippen LogP contribution in [0, 0.1) is 10.1 Å². The molecule has 13 heteroatoms. The zero-order chi connectivity index (χ0) is 25.3. The predicted molar refractivity (Wildman–Crippen MR) is 128 cm³/mol. The molecule has 0 aromatic heterocycles. The molecule has 2 aromatic rings. The lowest BCUT2D eigenvalue weighted by Crippen LogP contribution is -2.48. The van der Waals surface area contributed by atoms with Gasteiger partial charge in [0.15, 0.2) is 5.03 Å². The number of nitrogens with two attached hydrogens (primary N) is 2. The van der Waals surface area contributed by atoms with Crippen molar-refractivity contribution >= 4 is 41.0 Å². The molecule has 0 aliphatic heterocycles. The van der Waals surface area contributed by atoms with Gasteiger partial charge < -0.3 is 21.5 Å². The van der Waals surface area contributed by atoms with Gasteiger partial charge in [0, 0.05) is 13.1 Å². The van der Waals surface area contributed by atoms with E-state index in [-0.39, 0.29) is 50.0 Å². The lowest BCUT2D eigenvalue weighted by Gasteiger charge is -2.30. The van der Waals surface area contributed by atoms with E-state index in [1.165, 1.54) is 17.0 Å². The van der Waals surface area contributed by atoms with Gasteiger partial charge in [-0.15, -0.1) is 0 Å². The molecule has 182 valence electrons. The lowest BCUT2D eigenvalue weighted by molar-refractivity contribution is -0.525. The van der Waals surface area contributed by atoms with Gasteiger partial charge >= 0.3 is 0 Å². The van der Waals surface area contributed by atoms with Gasteiger partial charge in [0.2, 0.25) is 11.8 Å². The Morgan fingerprint density at radius 2 is 1.76 bits per heavy atom. The number of hydrazine groups is 1. The van der Waals surface area contributed by atoms with Crippen molar-refractivity contribution in [1.29, 1.82) is 0 Å². The van der Waals surface area contributed by atoms with Crippen molar-refractivity contribution in [2.24, 2.45) is 16.5 Å². The highest BCUT2D eigenvalue weighted by Gasteiger charge is 2.28. The number of nitrogens with one attached hydrogen (secondary N) is 1. The number of hydrogen-bond acceptors (Lipinski definition) is 6. The van der Waals surface area contributed by atoms with Crippen LogP contribution in [0.3, 0.4) is 0 Å². The molecular formula is C21H24Cl2N6O5. The maximum Gasteiger partial charge on any atom is 0.251 e. The molecule has 0 fully saturated rings. The van der Waals surface area contributed by atoms with Crippen molar-refractivity contribution in [3.05, 3.63) is 73.8 Å². The van der Waals surface area contributed by atoms with Gasteiger partial charge in [-0.25, -0.2) is 15.1 Å². The zero-order valence-corrected chi connectivity index (χ0v) is 19.5. The number of benzene rings is 2. The summed E-state index contributed by atoms with van der Waals surface area (Å²) in [6, 6.07) is 10.0. The number of nitrogens with zero attached hydrogens (tertiary/aromatic N) is 3. The lowest BCUT2D eigenvalue weighted by atomic mass is 10.0. The molecule has 1 atom stereocenters. The number of rotatable bonds is 11. The van der Waals surface area contributed by atoms with Crippen LogP contribution in [0.2, 0.25) is 10.0 Å². The van der Waals surface area contributed by atoms with Gasteiger partial charge in [0.25, 0.3) is 5.96 Å². The normalized spacial score (nSPS) is 12.1. The van der Waals surface area contributed by atoms with E-state index < -0.39 is 17.0 Å². The molecular weight excluding hydrogens is 487 g/mol. The molecule has 11 nitrogen and oxygen atoms in total. The molecule has 0 radical (unpaired) electrons. The monoisotopic (exact) mass is 510 g/mol. The average molecular weight is 511 g/mol. The molecule has 0 aliphatic rings. The molecule has 6 N–H and O–H groups in total. The third-order valence-corrected chi connectivity index (χ3v) is 5.52. The van der Waals surface area contributed by atoms with Crippen molar-refractivity contribution in [2.75, 3.05) is 6.54 Å². The second-order valence-electron chi connectivity index (χ2n) is 7.31. The molecule has 0 aliphatic carbocycles. The van der Waals surface area contributed by atoms with E-state index in [4.69, 9.17) is 34.7 Å². The molecule has 34 heavy (non-hydrogen) atoms. The summed E-state index contributed by atoms with van der Waals surface area (Å²) in [6.07, 6.45) is 0.367. The van der Waals surface area contributed by atoms with E-state index >= 15 is 0 Å². The fourth-order valence-electron chi connectivity index (χ4n) is 3.16. The Morgan fingerprint density at radius 3 is 2.35 bits per heavy atom. The largest absolute Gasteiger partial charge is 0.508 e. The van der Waals surface area contributed by atoms with Crippen LogP contribution < -0.4 is 16.9 Å². The van der Waals surface area contributed by atoms with Gasteiger partial charge in [-0.3, -0.25) is 9.59 Å². The number of phenolic OH excluding ortho intramolecular Hbond substituents is 1. The Hall–Kier alpha value is -3.57. The highest BCUT2D eigenvalue weighted by atomic mass is 35.5. The average Bonchev–Trinajstić information content (AvgIpc) is 2.75. The highest BCUT2D eigenvalue weighted by molar-refractivity contribution is 6.42.